The molecule has 0 aromatic carbocycles. The van der Waals surface area contributed by atoms with E-state index in [4.69, 9.17) is 10.2 Å². The van der Waals surface area contributed by atoms with Crippen molar-refractivity contribution in [2.75, 3.05) is 0 Å². The Hall–Kier alpha value is -1.32. The van der Waals surface area contributed by atoms with E-state index in [9.17, 15) is 9.59 Å². The van der Waals surface area contributed by atoms with Crippen molar-refractivity contribution in [1.29, 1.82) is 0 Å². The van der Waals surface area contributed by atoms with Gasteiger partial charge in [-0.2, -0.15) is 0 Å². The maximum atomic E-state index is 10.8. The summed E-state index contributed by atoms with van der Waals surface area (Å²) in [5.41, 5.74) is 0. The Morgan fingerprint density at radius 3 is 1.69 bits per heavy atom. The Bertz CT molecular complexity index is 266. The van der Waals surface area contributed by atoms with Crippen molar-refractivity contribution in [1.82, 2.24) is 0 Å². The Labute approximate surface area is 74.9 Å². The molecule has 4 nitrogen and oxygen atoms in total. The van der Waals surface area contributed by atoms with Crippen molar-refractivity contribution in [3.63, 3.8) is 0 Å². The number of allylic oxidation sites excluding steroid dienone is 2. The standard InChI is InChI=1S/C9H10O4/c10-8(11)6-4-1-2-5(3-4)7(6)9(12)13/h1-2,4-7H,3H2,(H,10,11)(H,12,13)/t4-,5+,6-,7-/m1/s1. The van der Waals surface area contributed by atoms with Crippen molar-refractivity contribution in [2.45, 2.75) is 6.42 Å². The van der Waals surface area contributed by atoms with E-state index in [-0.39, 0.29) is 11.8 Å². The second-order valence-electron chi connectivity index (χ2n) is 3.68. The Morgan fingerprint density at radius 2 is 1.38 bits per heavy atom. The largest absolute Gasteiger partial charge is 0.481 e. The van der Waals surface area contributed by atoms with Gasteiger partial charge in [0.05, 0.1) is 11.8 Å². The van der Waals surface area contributed by atoms with Gasteiger partial charge in [-0.1, -0.05) is 12.2 Å². The minimum absolute atomic E-state index is 0.0661. The number of carbonyl (C=O) groups is 2. The molecule has 2 aliphatic rings. The van der Waals surface area contributed by atoms with E-state index in [0.717, 1.165) is 0 Å². The van der Waals surface area contributed by atoms with Crippen LogP contribution in [0.4, 0.5) is 0 Å². The van der Waals surface area contributed by atoms with E-state index in [1.807, 2.05) is 12.2 Å². The first-order valence-electron chi connectivity index (χ1n) is 4.25. The van der Waals surface area contributed by atoms with Crippen LogP contribution in [-0.4, -0.2) is 22.2 Å². The lowest BCUT2D eigenvalue weighted by Crippen LogP contribution is -2.32. The van der Waals surface area contributed by atoms with E-state index in [2.05, 4.69) is 0 Å². The molecule has 2 rings (SSSR count). The molecular weight excluding hydrogens is 172 g/mol. The molecule has 4 atom stereocenters. The van der Waals surface area contributed by atoms with Crippen LogP contribution in [0.2, 0.25) is 0 Å². The van der Waals surface area contributed by atoms with Gasteiger partial charge in [-0.25, -0.2) is 0 Å². The molecule has 0 saturated heterocycles. The second-order valence-corrected chi connectivity index (χ2v) is 3.68. The van der Waals surface area contributed by atoms with Crippen molar-refractivity contribution in [2.24, 2.45) is 23.7 Å². The summed E-state index contributed by atoms with van der Waals surface area (Å²) < 4.78 is 0. The highest BCUT2D eigenvalue weighted by atomic mass is 16.4. The van der Waals surface area contributed by atoms with Crippen molar-refractivity contribution >= 4 is 11.9 Å². The van der Waals surface area contributed by atoms with Crippen LogP contribution in [-0.2, 0) is 9.59 Å². The molecule has 70 valence electrons. The number of hydrogen-bond acceptors (Lipinski definition) is 2. The van der Waals surface area contributed by atoms with Gasteiger partial charge in [0.2, 0.25) is 0 Å². The molecule has 13 heavy (non-hydrogen) atoms. The van der Waals surface area contributed by atoms with Crippen LogP contribution in [0.1, 0.15) is 6.42 Å². The fourth-order valence-electron chi connectivity index (χ4n) is 2.50. The van der Waals surface area contributed by atoms with E-state index in [0.29, 0.717) is 6.42 Å². The number of hydrogen-bond donors (Lipinski definition) is 2. The Kier molecular flexibility index (Phi) is 1.65. The fraction of sp³-hybridized carbons (Fsp3) is 0.556. The first-order valence-corrected chi connectivity index (χ1v) is 4.25. The second kappa shape index (κ2) is 2.58. The summed E-state index contributed by atoms with van der Waals surface area (Å²) in [5.74, 6) is -3.53. The highest BCUT2D eigenvalue weighted by molar-refractivity contribution is 5.82. The predicted octanol–water partition coefficient (Wildman–Crippen LogP) is 0.594. The summed E-state index contributed by atoms with van der Waals surface area (Å²) in [6, 6.07) is 0. The van der Waals surface area contributed by atoms with Crippen molar-refractivity contribution in [3.05, 3.63) is 12.2 Å². The van der Waals surface area contributed by atoms with Gasteiger partial charge in [-0.3, -0.25) is 9.59 Å². The van der Waals surface area contributed by atoms with Crippen LogP contribution in [0, 0.1) is 23.7 Å². The number of aliphatic carboxylic acids is 2. The summed E-state index contributed by atoms with van der Waals surface area (Å²) in [4.78, 5) is 21.6. The van der Waals surface area contributed by atoms with Crippen LogP contribution >= 0.6 is 0 Å². The summed E-state index contributed by atoms with van der Waals surface area (Å²) >= 11 is 0. The van der Waals surface area contributed by atoms with Gasteiger partial charge in [0.25, 0.3) is 0 Å². The molecule has 2 aliphatic carbocycles. The van der Waals surface area contributed by atoms with E-state index in [1.165, 1.54) is 0 Å². The smallest absolute Gasteiger partial charge is 0.307 e. The SMILES string of the molecule is O=C(O)[C@H]1[C@H](C(=O)O)[C@H]2C=C[C@@H]1C2. The maximum Gasteiger partial charge on any atom is 0.307 e. The van der Waals surface area contributed by atoms with E-state index < -0.39 is 23.8 Å². The molecule has 4 heteroatoms. The Balaban J connectivity index is 2.30. The van der Waals surface area contributed by atoms with Crippen LogP contribution in [0.15, 0.2) is 12.2 Å². The van der Waals surface area contributed by atoms with Gasteiger partial charge in [0.15, 0.2) is 0 Å². The summed E-state index contributed by atoms with van der Waals surface area (Å²) in [7, 11) is 0. The Morgan fingerprint density at radius 1 is 1.00 bits per heavy atom. The molecule has 2 bridgehead atoms. The zero-order valence-corrected chi connectivity index (χ0v) is 6.88. The zero-order chi connectivity index (χ0) is 9.59. The van der Waals surface area contributed by atoms with E-state index in [1.54, 1.807) is 0 Å². The topological polar surface area (TPSA) is 74.6 Å². The number of fused-ring (bicyclic) bond motifs is 2. The number of carboxylic acid groups (broad SMARTS) is 2. The van der Waals surface area contributed by atoms with Gasteiger partial charge in [0.1, 0.15) is 0 Å². The molecule has 0 spiro atoms. The van der Waals surface area contributed by atoms with Gasteiger partial charge >= 0.3 is 11.9 Å². The highest BCUT2D eigenvalue weighted by Gasteiger charge is 2.51. The fourth-order valence-corrected chi connectivity index (χ4v) is 2.50. The molecular formula is C9H10O4. The van der Waals surface area contributed by atoms with Crippen LogP contribution in [0.25, 0.3) is 0 Å². The lowest BCUT2D eigenvalue weighted by atomic mass is 9.83. The average molecular weight is 182 g/mol. The monoisotopic (exact) mass is 182 g/mol. The van der Waals surface area contributed by atoms with Gasteiger partial charge in [-0.05, 0) is 18.3 Å². The quantitative estimate of drug-likeness (QED) is 0.613. The third-order valence-electron chi connectivity index (χ3n) is 3.03. The van der Waals surface area contributed by atoms with E-state index >= 15 is 0 Å². The molecule has 0 radical (unpaired) electrons. The first-order chi connectivity index (χ1) is 6.11. The molecule has 2 N–H and O–H groups in total. The maximum absolute atomic E-state index is 10.8. The minimum Gasteiger partial charge on any atom is -0.481 e. The van der Waals surface area contributed by atoms with Crippen molar-refractivity contribution < 1.29 is 19.8 Å². The molecule has 0 heterocycles. The molecule has 1 saturated carbocycles. The predicted molar refractivity (Wildman–Crippen MR) is 43.0 cm³/mol. The van der Waals surface area contributed by atoms with Gasteiger partial charge < -0.3 is 10.2 Å². The molecule has 0 unspecified atom stereocenters. The highest BCUT2D eigenvalue weighted by Crippen LogP contribution is 2.48. The summed E-state index contributed by atoms with van der Waals surface area (Å²) in [6.45, 7) is 0. The third kappa shape index (κ3) is 1.05. The first kappa shape index (κ1) is 8.29. The molecule has 0 amide bonds. The summed E-state index contributed by atoms with van der Waals surface area (Å²) in [6.07, 6.45) is 4.36. The van der Waals surface area contributed by atoms with Crippen molar-refractivity contribution in [3.8, 4) is 0 Å². The van der Waals surface area contributed by atoms with Crippen LogP contribution in [0.3, 0.4) is 0 Å². The van der Waals surface area contributed by atoms with Gasteiger partial charge in [-0.15, -0.1) is 0 Å². The minimum atomic E-state index is -0.982. The van der Waals surface area contributed by atoms with Crippen LogP contribution < -0.4 is 0 Å². The molecule has 0 aromatic heterocycles. The average Bonchev–Trinajstić information content (AvgIpc) is 2.60. The number of carboxylic acids is 2. The summed E-state index contributed by atoms with van der Waals surface area (Å²) in [5, 5.41) is 17.7. The number of rotatable bonds is 2. The third-order valence-corrected chi connectivity index (χ3v) is 3.03. The lowest BCUT2D eigenvalue weighted by Gasteiger charge is -2.20. The normalized spacial score (nSPS) is 40.9. The molecule has 0 aliphatic heterocycles. The van der Waals surface area contributed by atoms with Crippen LogP contribution in [0.5, 0.6) is 0 Å². The molecule has 0 aromatic rings. The molecule has 1 fully saturated rings. The lowest BCUT2D eigenvalue weighted by molar-refractivity contribution is -0.154. The van der Waals surface area contributed by atoms with Gasteiger partial charge in [0, 0.05) is 0 Å². The zero-order valence-electron chi connectivity index (χ0n) is 6.88.